The van der Waals surface area contributed by atoms with Gasteiger partial charge in [0.25, 0.3) is 5.91 Å². The SMILES string of the molecule is Cn1cc(CCNC(=O)c2cc(N)ccn2)cn1. The average Bonchev–Trinajstić information content (AvgIpc) is 2.75. The van der Waals surface area contributed by atoms with Crippen molar-refractivity contribution in [2.45, 2.75) is 6.42 Å². The first-order valence-corrected chi connectivity index (χ1v) is 5.62. The molecule has 2 aromatic rings. The van der Waals surface area contributed by atoms with Crippen molar-refractivity contribution < 1.29 is 4.79 Å². The highest BCUT2D eigenvalue weighted by Crippen LogP contribution is 2.02. The van der Waals surface area contributed by atoms with E-state index in [2.05, 4.69) is 15.4 Å². The van der Waals surface area contributed by atoms with Crippen molar-refractivity contribution >= 4 is 11.6 Å². The van der Waals surface area contributed by atoms with E-state index in [1.165, 1.54) is 6.20 Å². The standard InChI is InChI=1S/C12H15N5O/c1-17-8-9(7-16-17)2-4-15-12(18)11-6-10(13)3-5-14-11/h3,5-8H,2,4H2,1H3,(H2,13,14)(H,15,18). The van der Waals surface area contributed by atoms with Crippen LogP contribution in [0.4, 0.5) is 5.69 Å². The Hall–Kier alpha value is -2.37. The van der Waals surface area contributed by atoms with Crippen LogP contribution in [0.5, 0.6) is 0 Å². The second kappa shape index (κ2) is 5.31. The summed E-state index contributed by atoms with van der Waals surface area (Å²) in [6.45, 7) is 0.543. The van der Waals surface area contributed by atoms with Crippen molar-refractivity contribution in [2.75, 3.05) is 12.3 Å². The predicted octanol–water partition coefficient (Wildman–Crippen LogP) is 0.370. The molecule has 2 heterocycles. The monoisotopic (exact) mass is 245 g/mol. The first kappa shape index (κ1) is 12.1. The zero-order valence-corrected chi connectivity index (χ0v) is 10.1. The normalized spacial score (nSPS) is 10.3. The number of nitrogens with one attached hydrogen (secondary N) is 1. The van der Waals surface area contributed by atoms with E-state index in [1.807, 2.05) is 13.2 Å². The van der Waals surface area contributed by atoms with Crippen LogP contribution < -0.4 is 11.1 Å². The molecule has 3 N–H and O–H groups in total. The van der Waals surface area contributed by atoms with Gasteiger partial charge in [-0.05, 0) is 24.1 Å². The number of aryl methyl sites for hydroxylation is 1. The summed E-state index contributed by atoms with van der Waals surface area (Å²) in [7, 11) is 1.86. The van der Waals surface area contributed by atoms with Crippen molar-refractivity contribution in [1.29, 1.82) is 0 Å². The van der Waals surface area contributed by atoms with Gasteiger partial charge in [-0.3, -0.25) is 14.5 Å². The Bertz CT molecular complexity index is 549. The third kappa shape index (κ3) is 3.07. The van der Waals surface area contributed by atoms with Gasteiger partial charge >= 0.3 is 0 Å². The minimum Gasteiger partial charge on any atom is -0.399 e. The van der Waals surface area contributed by atoms with E-state index in [0.717, 1.165) is 12.0 Å². The summed E-state index contributed by atoms with van der Waals surface area (Å²) in [5, 5.41) is 6.85. The van der Waals surface area contributed by atoms with Crippen molar-refractivity contribution in [3.8, 4) is 0 Å². The van der Waals surface area contributed by atoms with Gasteiger partial charge < -0.3 is 11.1 Å². The van der Waals surface area contributed by atoms with Crippen molar-refractivity contribution in [3.05, 3.63) is 42.0 Å². The molecule has 2 rings (SSSR count). The minimum atomic E-state index is -0.216. The number of pyridine rings is 1. The number of anilines is 1. The molecule has 2 aromatic heterocycles. The Balaban J connectivity index is 1.85. The maximum Gasteiger partial charge on any atom is 0.269 e. The lowest BCUT2D eigenvalue weighted by molar-refractivity contribution is 0.0949. The molecule has 1 amide bonds. The number of carbonyl (C=O) groups excluding carboxylic acids is 1. The number of hydrogen-bond acceptors (Lipinski definition) is 4. The number of rotatable bonds is 4. The largest absolute Gasteiger partial charge is 0.399 e. The van der Waals surface area contributed by atoms with Crippen LogP contribution in [-0.4, -0.2) is 27.2 Å². The molecule has 94 valence electrons. The quantitative estimate of drug-likeness (QED) is 0.814. The topological polar surface area (TPSA) is 85.8 Å². The summed E-state index contributed by atoms with van der Waals surface area (Å²) in [5.41, 5.74) is 7.53. The first-order valence-electron chi connectivity index (χ1n) is 5.62. The zero-order chi connectivity index (χ0) is 13.0. The molecule has 0 aliphatic carbocycles. The molecule has 0 bridgehead atoms. The number of amides is 1. The highest BCUT2D eigenvalue weighted by Gasteiger charge is 2.06. The lowest BCUT2D eigenvalue weighted by atomic mass is 10.2. The molecule has 0 saturated carbocycles. The molecule has 0 aliphatic heterocycles. The fourth-order valence-corrected chi connectivity index (χ4v) is 1.58. The molecular weight excluding hydrogens is 230 g/mol. The number of aromatic nitrogens is 3. The summed E-state index contributed by atoms with van der Waals surface area (Å²) in [6, 6.07) is 3.20. The van der Waals surface area contributed by atoms with Gasteiger partial charge in [0.1, 0.15) is 5.69 Å². The van der Waals surface area contributed by atoms with E-state index in [1.54, 1.807) is 23.0 Å². The Kier molecular flexibility index (Phi) is 3.57. The van der Waals surface area contributed by atoms with Crippen molar-refractivity contribution in [1.82, 2.24) is 20.1 Å². The second-order valence-corrected chi connectivity index (χ2v) is 4.00. The van der Waals surface area contributed by atoms with Gasteiger partial charge in [0.05, 0.1) is 6.20 Å². The molecule has 0 fully saturated rings. The number of nitrogens with zero attached hydrogens (tertiary/aromatic N) is 3. The molecule has 0 radical (unpaired) electrons. The van der Waals surface area contributed by atoms with Crippen LogP contribution in [0.1, 0.15) is 16.1 Å². The molecule has 0 spiro atoms. The van der Waals surface area contributed by atoms with Gasteiger partial charge in [0.15, 0.2) is 0 Å². The summed E-state index contributed by atoms with van der Waals surface area (Å²) in [6.07, 6.45) is 5.96. The van der Waals surface area contributed by atoms with E-state index >= 15 is 0 Å². The van der Waals surface area contributed by atoms with E-state index in [0.29, 0.717) is 17.9 Å². The van der Waals surface area contributed by atoms with E-state index < -0.39 is 0 Å². The molecule has 6 nitrogen and oxygen atoms in total. The fraction of sp³-hybridized carbons (Fsp3) is 0.250. The van der Waals surface area contributed by atoms with E-state index in [-0.39, 0.29) is 5.91 Å². The van der Waals surface area contributed by atoms with Crippen LogP contribution in [0.15, 0.2) is 30.7 Å². The van der Waals surface area contributed by atoms with Gasteiger partial charge in [-0.25, -0.2) is 0 Å². The minimum absolute atomic E-state index is 0.216. The molecule has 6 heteroatoms. The Morgan fingerprint density at radius 2 is 2.39 bits per heavy atom. The van der Waals surface area contributed by atoms with Crippen LogP contribution >= 0.6 is 0 Å². The molecule has 0 unspecified atom stereocenters. The highest BCUT2D eigenvalue weighted by atomic mass is 16.1. The fourth-order valence-electron chi connectivity index (χ4n) is 1.58. The lowest BCUT2D eigenvalue weighted by Gasteiger charge is -2.03. The van der Waals surface area contributed by atoms with Gasteiger partial charge in [0.2, 0.25) is 0 Å². The molecule has 18 heavy (non-hydrogen) atoms. The maximum absolute atomic E-state index is 11.7. The molecule has 0 atom stereocenters. The molecular formula is C12H15N5O. The van der Waals surface area contributed by atoms with Gasteiger partial charge in [0, 0.05) is 31.7 Å². The van der Waals surface area contributed by atoms with Gasteiger partial charge in [-0.1, -0.05) is 0 Å². The van der Waals surface area contributed by atoms with E-state index in [9.17, 15) is 4.79 Å². The Morgan fingerprint density at radius 1 is 1.56 bits per heavy atom. The number of hydrogen-bond donors (Lipinski definition) is 2. The summed E-state index contributed by atoms with van der Waals surface area (Å²) in [4.78, 5) is 15.7. The number of carbonyl (C=O) groups is 1. The van der Waals surface area contributed by atoms with Gasteiger partial charge in [-0.2, -0.15) is 5.10 Å². The third-order valence-corrected chi connectivity index (χ3v) is 2.47. The molecule has 0 aliphatic rings. The maximum atomic E-state index is 11.7. The third-order valence-electron chi connectivity index (χ3n) is 2.47. The highest BCUT2D eigenvalue weighted by molar-refractivity contribution is 5.92. The Labute approximate surface area is 105 Å². The van der Waals surface area contributed by atoms with Crippen LogP contribution in [0.2, 0.25) is 0 Å². The second-order valence-electron chi connectivity index (χ2n) is 4.00. The lowest BCUT2D eigenvalue weighted by Crippen LogP contribution is -2.26. The van der Waals surface area contributed by atoms with Crippen LogP contribution in [0, 0.1) is 0 Å². The van der Waals surface area contributed by atoms with Crippen LogP contribution in [-0.2, 0) is 13.5 Å². The number of nitrogen functional groups attached to an aromatic ring is 1. The molecule has 0 aromatic carbocycles. The zero-order valence-electron chi connectivity index (χ0n) is 10.1. The average molecular weight is 245 g/mol. The van der Waals surface area contributed by atoms with Crippen LogP contribution in [0.25, 0.3) is 0 Å². The van der Waals surface area contributed by atoms with Gasteiger partial charge in [-0.15, -0.1) is 0 Å². The van der Waals surface area contributed by atoms with Crippen LogP contribution in [0.3, 0.4) is 0 Å². The van der Waals surface area contributed by atoms with Crippen molar-refractivity contribution in [3.63, 3.8) is 0 Å². The summed E-state index contributed by atoms with van der Waals surface area (Å²) < 4.78 is 1.73. The first-order chi connectivity index (χ1) is 8.65. The smallest absolute Gasteiger partial charge is 0.269 e. The van der Waals surface area contributed by atoms with Crippen molar-refractivity contribution in [2.24, 2.45) is 7.05 Å². The Morgan fingerprint density at radius 3 is 3.06 bits per heavy atom. The predicted molar refractivity (Wildman–Crippen MR) is 67.9 cm³/mol. The summed E-state index contributed by atoms with van der Waals surface area (Å²) in [5.74, 6) is -0.216. The molecule has 0 saturated heterocycles. The van der Waals surface area contributed by atoms with E-state index in [4.69, 9.17) is 5.73 Å². The summed E-state index contributed by atoms with van der Waals surface area (Å²) >= 11 is 0. The number of nitrogens with two attached hydrogens (primary N) is 1.